The van der Waals surface area contributed by atoms with Crippen LogP contribution in [0, 0.1) is 29.4 Å². The molecule has 54 heavy (non-hydrogen) atoms. The van der Waals surface area contributed by atoms with Crippen molar-refractivity contribution in [2.24, 2.45) is 5.41 Å². The standard InChI is InChI=1S/C40H38F5N5O4/c1-2-23-5-3-6-24-15-27(51)16-28(31(23)24)32-30(41)17-29-34(33(32)42)46-37(53-22-38(10-11-38)20-48-13-12-39(21-48)9-4-14-54-39)47-35(29)49-18-25-7-8-26(19-49)50(25)36(52)40(43,44)45/h1,3,5-6,15-17,25-26,51H,4,7-14,18-22H2. The van der Waals surface area contributed by atoms with Crippen molar-refractivity contribution in [3.8, 4) is 35.2 Å². The number of fused-ring (bicyclic) bond motifs is 4. The van der Waals surface area contributed by atoms with E-state index in [1.54, 1.807) is 23.1 Å². The summed E-state index contributed by atoms with van der Waals surface area (Å²) < 4.78 is 86.6. The van der Waals surface area contributed by atoms with Gasteiger partial charge in [-0.2, -0.15) is 23.1 Å². The number of halogens is 5. The number of phenols is 1. The molecule has 4 aromatic rings. The summed E-state index contributed by atoms with van der Waals surface area (Å²) in [6, 6.07) is 7.11. The van der Waals surface area contributed by atoms with Crippen molar-refractivity contribution in [3.05, 3.63) is 53.6 Å². The lowest BCUT2D eigenvalue weighted by atomic mass is 9.93. The average molecular weight is 748 g/mol. The quantitative estimate of drug-likeness (QED) is 0.168. The van der Waals surface area contributed by atoms with Crippen molar-refractivity contribution in [1.82, 2.24) is 19.8 Å². The second-order valence-electron chi connectivity index (χ2n) is 15.7. The minimum absolute atomic E-state index is 0.00204. The molecule has 4 aliphatic heterocycles. The Morgan fingerprint density at radius 1 is 1.07 bits per heavy atom. The number of rotatable bonds is 7. The SMILES string of the molecule is C#Cc1cccc2cc(O)cc(-c3c(F)cc4c(N5CC6CCC(C5)N6C(=O)C(F)(F)F)nc(OCC5(CN6CCC7(CCCO7)C6)CC5)nc4c3F)c12. The first-order chi connectivity index (χ1) is 25.9. The largest absolute Gasteiger partial charge is 0.508 e. The van der Waals surface area contributed by atoms with Crippen molar-refractivity contribution in [2.45, 2.75) is 68.8 Å². The summed E-state index contributed by atoms with van der Waals surface area (Å²) in [4.78, 5) is 26.5. The molecule has 5 heterocycles. The zero-order chi connectivity index (χ0) is 37.6. The van der Waals surface area contributed by atoms with Crippen molar-refractivity contribution < 1.29 is 41.3 Å². The van der Waals surface area contributed by atoms with Crippen LogP contribution in [0.15, 0.2) is 36.4 Å². The Hall–Kier alpha value is -4.74. The van der Waals surface area contributed by atoms with Gasteiger partial charge >= 0.3 is 18.1 Å². The molecule has 3 atom stereocenters. The van der Waals surface area contributed by atoms with Gasteiger partial charge in [0.25, 0.3) is 0 Å². The zero-order valence-corrected chi connectivity index (χ0v) is 29.4. The van der Waals surface area contributed by atoms with Gasteiger partial charge in [0.2, 0.25) is 0 Å². The fourth-order valence-corrected chi connectivity index (χ4v) is 9.35. The molecule has 14 heteroatoms. The number of terminal acetylenes is 1. The third-order valence-corrected chi connectivity index (χ3v) is 12.1. The maximum Gasteiger partial charge on any atom is 0.471 e. The number of phenolic OH excluding ortho intramolecular Hbond substituents is 1. The first kappa shape index (κ1) is 35.0. The van der Waals surface area contributed by atoms with E-state index in [1.165, 1.54) is 12.1 Å². The Kier molecular flexibility index (Phi) is 8.21. The van der Waals surface area contributed by atoms with Crippen LogP contribution >= 0.6 is 0 Å². The van der Waals surface area contributed by atoms with Crippen LogP contribution in [0.3, 0.4) is 0 Å². The lowest BCUT2D eigenvalue weighted by Crippen LogP contribution is -2.59. The minimum Gasteiger partial charge on any atom is -0.508 e. The molecule has 282 valence electrons. The Balaban J connectivity index is 1.10. The van der Waals surface area contributed by atoms with Crippen LogP contribution in [0.5, 0.6) is 11.8 Å². The zero-order valence-electron chi connectivity index (χ0n) is 29.4. The Labute approximate surface area is 308 Å². The number of amides is 1. The fourth-order valence-electron chi connectivity index (χ4n) is 9.35. The third-order valence-electron chi connectivity index (χ3n) is 12.1. The van der Waals surface area contributed by atoms with Gasteiger partial charge in [0, 0.05) is 66.6 Å². The Morgan fingerprint density at radius 2 is 1.85 bits per heavy atom. The highest BCUT2D eigenvalue weighted by molar-refractivity contribution is 6.04. The number of nitrogens with zero attached hydrogens (tertiary/aromatic N) is 5. The van der Waals surface area contributed by atoms with Gasteiger partial charge in [-0.15, -0.1) is 6.42 Å². The average Bonchev–Trinajstić information content (AvgIpc) is 3.41. The lowest BCUT2D eigenvalue weighted by Gasteiger charge is -2.42. The van der Waals surface area contributed by atoms with Crippen LogP contribution in [0.4, 0.5) is 27.8 Å². The van der Waals surface area contributed by atoms with E-state index in [2.05, 4.69) is 20.8 Å². The smallest absolute Gasteiger partial charge is 0.471 e. The van der Waals surface area contributed by atoms with Crippen LogP contribution < -0.4 is 9.64 Å². The molecule has 2 bridgehead atoms. The summed E-state index contributed by atoms with van der Waals surface area (Å²) in [6.07, 6.45) is 6.39. The van der Waals surface area contributed by atoms with Crippen LogP contribution in [0.25, 0.3) is 32.8 Å². The highest BCUT2D eigenvalue weighted by Gasteiger charge is 2.52. The van der Waals surface area contributed by atoms with Gasteiger partial charge in [-0.3, -0.25) is 9.69 Å². The van der Waals surface area contributed by atoms with Gasteiger partial charge in [-0.05, 0) is 74.6 Å². The predicted molar refractivity (Wildman–Crippen MR) is 190 cm³/mol. The number of likely N-dealkylation sites (tertiary alicyclic amines) is 1. The number of hydrogen-bond acceptors (Lipinski definition) is 8. The summed E-state index contributed by atoms with van der Waals surface area (Å²) in [5.41, 5.74) is -0.557. The van der Waals surface area contributed by atoms with Crippen LogP contribution in [-0.4, -0.2) is 101 Å². The number of piperazine rings is 1. The molecule has 1 N–H and O–H groups in total. The molecule has 9 rings (SSSR count). The molecule has 3 unspecified atom stereocenters. The van der Waals surface area contributed by atoms with Crippen molar-refractivity contribution in [1.29, 1.82) is 0 Å². The number of aromatic nitrogens is 2. The van der Waals surface area contributed by atoms with E-state index < -0.39 is 41.4 Å². The normalized spacial score (nSPS) is 24.9. The molecule has 1 aliphatic carbocycles. The molecule has 5 fully saturated rings. The molecular weight excluding hydrogens is 709 g/mol. The molecule has 1 aromatic heterocycles. The molecule has 4 saturated heterocycles. The summed E-state index contributed by atoms with van der Waals surface area (Å²) in [7, 11) is 0. The van der Waals surface area contributed by atoms with E-state index >= 15 is 8.78 Å². The van der Waals surface area contributed by atoms with E-state index in [-0.39, 0.29) is 64.8 Å². The Morgan fingerprint density at radius 3 is 2.54 bits per heavy atom. The van der Waals surface area contributed by atoms with E-state index in [9.17, 15) is 23.1 Å². The van der Waals surface area contributed by atoms with Crippen LogP contribution in [-0.2, 0) is 9.53 Å². The Bertz CT molecular complexity index is 2220. The number of hydrogen-bond donors (Lipinski definition) is 1. The van der Waals surface area contributed by atoms with Gasteiger partial charge in [-0.25, -0.2) is 8.78 Å². The number of carbonyl (C=O) groups excluding carboxylic acids is 1. The second kappa shape index (κ2) is 12.7. The maximum atomic E-state index is 17.1. The van der Waals surface area contributed by atoms with Crippen molar-refractivity contribution >= 4 is 33.4 Å². The van der Waals surface area contributed by atoms with Gasteiger partial charge in [0.05, 0.1) is 29.9 Å². The number of alkyl halides is 3. The van der Waals surface area contributed by atoms with Gasteiger partial charge in [0.15, 0.2) is 5.82 Å². The first-order valence-corrected chi connectivity index (χ1v) is 18.4. The number of carbonyl (C=O) groups is 1. The van der Waals surface area contributed by atoms with Crippen molar-refractivity contribution in [2.75, 3.05) is 50.8 Å². The van der Waals surface area contributed by atoms with Gasteiger partial charge in [-0.1, -0.05) is 18.1 Å². The summed E-state index contributed by atoms with van der Waals surface area (Å²) in [5, 5.41) is 11.5. The van der Waals surface area contributed by atoms with E-state index in [1.807, 2.05) is 0 Å². The third kappa shape index (κ3) is 5.96. The number of ether oxygens (including phenoxy) is 2. The number of anilines is 1. The van der Waals surface area contributed by atoms with Gasteiger partial charge in [0.1, 0.15) is 22.9 Å². The fraction of sp³-hybridized carbons (Fsp3) is 0.475. The monoisotopic (exact) mass is 747 g/mol. The van der Waals surface area contributed by atoms with E-state index in [4.69, 9.17) is 15.9 Å². The molecule has 1 amide bonds. The molecular formula is C40H38F5N5O4. The van der Waals surface area contributed by atoms with Crippen molar-refractivity contribution in [3.63, 3.8) is 0 Å². The molecule has 1 spiro atoms. The molecule has 5 aliphatic rings. The molecule has 9 nitrogen and oxygen atoms in total. The van der Waals surface area contributed by atoms with E-state index in [0.717, 1.165) is 69.3 Å². The summed E-state index contributed by atoms with van der Waals surface area (Å²) in [6.45, 7) is 3.56. The van der Waals surface area contributed by atoms with Crippen LogP contribution in [0.2, 0.25) is 0 Å². The predicted octanol–water partition coefficient (Wildman–Crippen LogP) is 6.57. The highest BCUT2D eigenvalue weighted by Crippen LogP contribution is 2.49. The number of aromatic hydroxyl groups is 1. The topological polar surface area (TPSA) is 91.3 Å². The maximum absolute atomic E-state index is 17.1. The lowest BCUT2D eigenvalue weighted by molar-refractivity contribution is -0.188. The summed E-state index contributed by atoms with van der Waals surface area (Å²) in [5.74, 6) is -1.46. The second-order valence-corrected chi connectivity index (χ2v) is 15.7. The highest BCUT2D eigenvalue weighted by atomic mass is 19.4. The number of benzene rings is 3. The minimum atomic E-state index is -5.03. The molecule has 3 aromatic carbocycles. The van der Waals surface area contributed by atoms with Crippen LogP contribution in [0.1, 0.15) is 50.5 Å². The first-order valence-electron chi connectivity index (χ1n) is 18.4. The molecule has 1 saturated carbocycles. The summed E-state index contributed by atoms with van der Waals surface area (Å²) >= 11 is 0. The molecule has 0 radical (unpaired) electrons. The van der Waals surface area contributed by atoms with Gasteiger partial charge < -0.3 is 24.4 Å². The van der Waals surface area contributed by atoms with E-state index in [0.29, 0.717) is 29.2 Å².